The molecule has 0 fully saturated rings. The largest absolute Gasteiger partial charge is 0.446 e. The Hall–Kier alpha value is -2.71. The number of aromatic nitrogens is 1. The maximum Gasteiger partial charge on any atom is 0.273 e. The number of hydrogen-bond acceptors (Lipinski definition) is 6. The third kappa shape index (κ3) is 4.38. The summed E-state index contributed by atoms with van der Waals surface area (Å²) >= 11 is 0. The first kappa shape index (κ1) is 16.7. The van der Waals surface area contributed by atoms with Gasteiger partial charge in [-0.1, -0.05) is 30.3 Å². The molecule has 0 saturated carbocycles. The van der Waals surface area contributed by atoms with Crippen molar-refractivity contribution in [2.45, 2.75) is 18.5 Å². The van der Waals surface area contributed by atoms with Crippen LogP contribution in [0, 0.1) is 0 Å². The lowest BCUT2D eigenvalue weighted by atomic mass is 10.1. The molecule has 0 spiro atoms. The fourth-order valence-electron chi connectivity index (χ4n) is 1.95. The molecule has 2 aromatic rings. The normalized spacial score (nSPS) is 13.3. The summed E-state index contributed by atoms with van der Waals surface area (Å²) in [6.07, 6.45) is 1.38. The number of amides is 2. The third-order valence-electron chi connectivity index (χ3n) is 3.20. The topological polar surface area (TPSA) is 144 Å². The van der Waals surface area contributed by atoms with Crippen molar-refractivity contribution >= 4 is 11.8 Å². The van der Waals surface area contributed by atoms with Crippen molar-refractivity contribution in [1.29, 1.82) is 0 Å². The highest BCUT2D eigenvalue weighted by molar-refractivity contribution is 5.95. The van der Waals surface area contributed by atoms with E-state index in [2.05, 4.69) is 10.3 Å². The van der Waals surface area contributed by atoms with Gasteiger partial charge >= 0.3 is 0 Å². The van der Waals surface area contributed by atoms with Gasteiger partial charge in [-0.2, -0.15) is 0 Å². The molecule has 1 aromatic carbocycles. The molecule has 23 heavy (non-hydrogen) atoms. The van der Waals surface area contributed by atoms with Crippen LogP contribution in [0.15, 0.2) is 41.0 Å². The van der Waals surface area contributed by atoms with Crippen LogP contribution in [0.3, 0.4) is 0 Å². The standard InChI is InChI=1S/C15H18N4O4/c16-10(7-20)15-19-12(8-23-15)14(22)18-11(13(17)21)6-9-4-2-1-3-5-9/h1-5,8,10-11,20H,6-7,16H2,(H2,17,21)(H,18,22). The SMILES string of the molecule is NC(=O)C(Cc1ccccc1)NC(=O)c1coc(C(N)CO)n1. The van der Waals surface area contributed by atoms with Crippen LogP contribution < -0.4 is 16.8 Å². The van der Waals surface area contributed by atoms with Crippen molar-refractivity contribution in [3.63, 3.8) is 0 Å². The average Bonchev–Trinajstić information content (AvgIpc) is 3.04. The van der Waals surface area contributed by atoms with Crippen LogP contribution in [0.25, 0.3) is 0 Å². The number of nitrogens with one attached hydrogen (secondary N) is 1. The molecule has 0 aliphatic carbocycles. The predicted molar refractivity (Wildman–Crippen MR) is 81.1 cm³/mol. The lowest BCUT2D eigenvalue weighted by Gasteiger charge is -2.14. The molecule has 2 rings (SSSR count). The maximum atomic E-state index is 12.1. The summed E-state index contributed by atoms with van der Waals surface area (Å²) in [6, 6.07) is 7.48. The fraction of sp³-hybridized carbons (Fsp3) is 0.267. The van der Waals surface area contributed by atoms with Crippen molar-refractivity contribution in [3.8, 4) is 0 Å². The van der Waals surface area contributed by atoms with Gasteiger partial charge in [-0.3, -0.25) is 9.59 Å². The molecule has 8 heteroatoms. The summed E-state index contributed by atoms with van der Waals surface area (Å²) < 4.78 is 5.03. The monoisotopic (exact) mass is 318 g/mol. The van der Waals surface area contributed by atoms with Crippen LogP contribution in [0.2, 0.25) is 0 Å². The first-order chi connectivity index (χ1) is 11.0. The smallest absolute Gasteiger partial charge is 0.273 e. The molecule has 0 aliphatic rings. The Bertz CT molecular complexity index is 671. The molecule has 6 N–H and O–H groups in total. The minimum atomic E-state index is -0.878. The van der Waals surface area contributed by atoms with E-state index in [0.717, 1.165) is 11.8 Å². The molecule has 1 heterocycles. The summed E-state index contributed by atoms with van der Waals surface area (Å²) in [5, 5.41) is 11.4. The Morgan fingerprint density at radius 2 is 2.00 bits per heavy atom. The second kappa shape index (κ2) is 7.52. The Balaban J connectivity index is 2.06. The summed E-state index contributed by atoms with van der Waals surface area (Å²) in [7, 11) is 0. The van der Waals surface area contributed by atoms with E-state index >= 15 is 0 Å². The van der Waals surface area contributed by atoms with Gasteiger partial charge in [-0.15, -0.1) is 0 Å². The van der Waals surface area contributed by atoms with Crippen LogP contribution >= 0.6 is 0 Å². The second-order valence-corrected chi connectivity index (χ2v) is 4.98. The molecular weight excluding hydrogens is 300 g/mol. The maximum absolute atomic E-state index is 12.1. The lowest BCUT2D eigenvalue weighted by Crippen LogP contribution is -2.46. The van der Waals surface area contributed by atoms with E-state index in [1.165, 1.54) is 0 Å². The van der Waals surface area contributed by atoms with E-state index in [0.29, 0.717) is 0 Å². The number of aliphatic hydroxyl groups excluding tert-OH is 1. The van der Waals surface area contributed by atoms with E-state index < -0.39 is 23.9 Å². The number of aliphatic hydroxyl groups is 1. The second-order valence-electron chi connectivity index (χ2n) is 4.98. The van der Waals surface area contributed by atoms with Crippen LogP contribution in [0.4, 0.5) is 0 Å². The van der Waals surface area contributed by atoms with Gasteiger partial charge in [0, 0.05) is 6.42 Å². The summed E-state index contributed by atoms with van der Waals surface area (Å²) in [5.74, 6) is -1.22. The summed E-state index contributed by atoms with van der Waals surface area (Å²) in [5.41, 5.74) is 11.7. The molecule has 2 amide bonds. The van der Waals surface area contributed by atoms with Crippen LogP contribution in [-0.4, -0.2) is 34.6 Å². The molecule has 122 valence electrons. The molecule has 1 aromatic heterocycles. The minimum Gasteiger partial charge on any atom is -0.446 e. The highest BCUT2D eigenvalue weighted by atomic mass is 16.3. The first-order valence-electron chi connectivity index (χ1n) is 6.97. The van der Waals surface area contributed by atoms with E-state index in [-0.39, 0.29) is 24.6 Å². The van der Waals surface area contributed by atoms with Gasteiger partial charge < -0.3 is 26.3 Å². The minimum absolute atomic E-state index is 0.0383. The number of carbonyl (C=O) groups is 2. The number of primary amides is 1. The number of hydrogen-bond donors (Lipinski definition) is 4. The first-order valence-corrected chi connectivity index (χ1v) is 6.97. The van der Waals surface area contributed by atoms with Crippen molar-refractivity contribution in [1.82, 2.24) is 10.3 Å². The molecule has 0 aliphatic heterocycles. The van der Waals surface area contributed by atoms with Gasteiger partial charge in [-0.25, -0.2) is 4.98 Å². The van der Waals surface area contributed by atoms with Gasteiger partial charge in [0.1, 0.15) is 18.3 Å². The van der Waals surface area contributed by atoms with E-state index in [4.69, 9.17) is 21.0 Å². The quantitative estimate of drug-likeness (QED) is 0.541. The Labute approximate surface area is 132 Å². The lowest BCUT2D eigenvalue weighted by molar-refractivity contribution is -0.119. The third-order valence-corrected chi connectivity index (χ3v) is 3.20. The predicted octanol–water partition coefficient (Wildman–Crippen LogP) is -0.507. The zero-order valence-corrected chi connectivity index (χ0v) is 12.3. The number of carbonyl (C=O) groups excluding carboxylic acids is 2. The van der Waals surface area contributed by atoms with E-state index in [9.17, 15) is 9.59 Å². The van der Waals surface area contributed by atoms with Crippen molar-refractivity contribution in [2.24, 2.45) is 11.5 Å². The summed E-state index contributed by atoms with van der Waals surface area (Å²) in [6.45, 7) is -0.362. The van der Waals surface area contributed by atoms with Gasteiger partial charge in [0.15, 0.2) is 5.69 Å². The van der Waals surface area contributed by atoms with Gasteiger partial charge in [-0.05, 0) is 5.56 Å². The number of rotatable bonds is 7. The Kier molecular flexibility index (Phi) is 5.45. The van der Waals surface area contributed by atoms with Crippen LogP contribution in [0.5, 0.6) is 0 Å². The van der Waals surface area contributed by atoms with Crippen molar-refractivity contribution < 1.29 is 19.1 Å². The highest BCUT2D eigenvalue weighted by Crippen LogP contribution is 2.10. The molecule has 0 saturated heterocycles. The summed E-state index contributed by atoms with van der Waals surface area (Å²) in [4.78, 5) is 27.6. The van der Waals surface area contributed by atoms with Crippen molar-refractivity contribution in [2.75, 3.05) is 6.61 Å². The zero-order chi connectivity index (χ0) is 16.8. The number of nitrogens with zero attached hydrogens (tertiary/aromatic N) is 1. The molecule has 2 unspecified atom stereocenters. The van der Waals surface area contributed by atoms with Gasteiger partial charge in [0.2, 0.25) is 11.8 Å². The van der Waals surface area contributed by atoms with E-state index in [1.54, 1.807) is 0 Å². The number of oxazole rings is 1. The molecule has 2 atom stereocenters. The fourth-order valence-corrected chi connectivity index (χ4v) is 1.95. The molecule has 0 bridgehead atoms. The van der Waals surface area contributed by atoms with Crippen molar-refractivity contribution in [3.05, 3.63) is 53.7 Å². The van der Waals surface area contributed by atoms with Gasteiger partial charge in [0.25, 0.3) is 5.91 Å². The molecule has 8 nitrogen and oxygen atoms in total. The number of nitrogens with two attached hydrogens (primary N) is 2. The zero-order valence-electron chi connectivity index (χ0n) is 12.3. The number of benzene rings is 1. The van der Waals surface area contributed by atoms with Crippen LogP contribution in [-0.2, 0) is 11.2 Å². The Morgan fingerprint density at radius 1 is 1.30 bits per heavy atom. The van der Waals surface area contributed by atoms with E-state index in [1.807, 2.05) is 30.3 Å². The highest BCUT2D eigenvalue weighted by Gasteiger charge is 2.22. The molecular formula is C15H18N4O4. The Morgan fingerprint density at radius 3 is 2.61 bits per heavy atom. The average molecular weight is 318 g/mol. The van der Waals surface area contributed by atoms with Gasteiger partial charge in [0.05, 0.1) is 6.61 Å². The van der Waals surface area contributed by atoms with Crippen LogP contribution in [0.1, 0.15) is 28.0 Å². The molecule has 0 radical (unpaired) electrons.